The number of aryl methyl sites for hydroxylation is 3. The number of rotatable bonds is 5. The molecule has 0 saturated heterocycles. The maximum absolute atomic E-state index is 12.5. The van der Waals surface area contributed by atoms with E-state index in [1.165, 1.54) is 17.5 Å². The molecule has 0 spiro atoms. The number of hydrogen-bond donors (Lipinski definition) is 1. The number of benzene rings is 1. The van der Waals surface area contributed by atoms with Crippen LogP contribution in [-0.4, -0.2) is 25.5 Å². The highest BCUT2D eigenvalue weighted by atomic mass is 32.1. The average molecular weight is 417 g/mol. The Labute approximate surface area is 178 Å². The SMILES string of the molecule is Cc1nc(NC(=O)CCc2c(C)nc3c(C#N)cnn3c2C)sc1-c1ccccc1. The third-order valence-electron chi connectivity index (χ3n) is 5.01. The highest BCUT2D eigenvalue weighted by Crippen LogP contribution is 2.32. The standard InChI is InChI=1S/C22H20N6OS/c1-13-18(15(3)28-21(25-13)17(11-23)12-24-28)9-10-19(29)27-22-26-14(2)20(30-22)16-7-5-4-6-8-16/h4-8,12H,9-10H2,1-3H3,(H,26,27,29). The summed E-state index contributed by atoms with van der Waals surface area (Å²) in [6, 6.07) is 12.1. The molecule has 7 nitrogen and oxygen atoms in total. The molecule has 0 bridgehead atoms. The Morgan fingerprint density at radius 2 is 1.93 bits per heavy atom. The molecule has 0 atom stereocenters. The molecule has 0 radical (unpaired) electrons. The van der Waals surface area contributed by atoms with Crippen molar-refractivity contribution in [2.75, 3.05) is 5.32 Å². The molecule has 3 aromatic heterocycles. The summed E-state index contributed by atoms with van der Waals surface area (Å²) in [7, 11) is 0. The van der Waals surface area contributed by atoms with Crippen molar-refractivity contribution in [2.24, 2.45) is 0 Å². The fraction of sp³-hybridized carbons (Fsp3) is 0.227. The van der Waals surface area contributed by atoms with Gasteiger partial charge in [0, 0.05) is 17.8 Å². The number of nitrogens with zero attached hydrogens (tertiary/aromatic N) is 5. The van der Waals surface area contributed by atoms with Gasteiger partial charge in [-0.1, -0.05) is 41.7 Å². The molecular weight excluding hydrogens is 396 g/mol. The summed E-state index contributed by atoms with van der Waals surface area (Å²) < 4.78 is 1.66. The lowest BCUT2D eigenvalue weighted by atomic mass is 10.1. The Morgan fingerprint density at radius 3 is 2.67 bits per heavy atom. The lowest BCUT2D eigenvalue weighted by Crippen LogP contribution is -2.14. The van der Waals surface area contributed by atoms with Crippen LogP contribution in [0.1, 0.15) is 34.6 Å². The van der Waals surface area contributed by atoms with Crippen molar-refractivity contribution in [3.8, 4) is 16.5 Å². The van der Waals surface area contributed by atoms with E-state index in [1.54, 1.807) is 4.52 Å². The second-order valence-electron chi connectivity index (χ2n) is 7.01. The van der Waals surface area contributed by atoms with E-state index in [1.807, 2.05) is 51.1 Å². The number of nitrogens with one attached hydrogen (secondary N) is 1. The summed E-state index contributed by atoms with van der Waals surface area (Å²) >= 11 is 1.48. The molecular formula is C22H20N6OS. The molecule has 1 aromatic carbocycles. The molecule has 150 valence electrons. The van der Waals surface area contributed by atoms with Gasteiger partial charge in [-0.2, -0.15) is 10.4 Å². The minimum atomic E-state index is -0.0968. The fourth-order valence-corrected chi connectivity index (χ4v) is 4.47. The third kappa shape index (κ3) is 3.67. The maximum atomic E-state index is 12.5. The van der Waals surface area contributed by atoms with Crippen LogP contribution in [0.25, 0.3) is 16.1 Å². The lowest BCUT2D eigenvalue weighted by Gasteiger charge is -2.10. The molecule has 0 aliphatic carbocycles. The van der Waals surface area contributed by atoms with Crippen LogP contribution < -0.4 is 5.32 Å². The number of carbonyl (C=O) groups excluding carboxylic acids is 1. The van der Waals surface area contributed by atoms with E-state index in [2.05, 4.69) is 26.5 Å². The lowest BCUT2D eigenvalue weighted by molar-refractivity contribution is -0.116. The van der Waals surface area contributed by atoms with Gasteiger partial charge < -0.3 is 5.32 Å². The highest BCUT2D eigenvalue weighted by molar-refractivity contribution is 7.19. The second kappa shape index (κ2) is 8.05. The molecule has 0 fully saturated rings. The topological polar surface area (TPSA) is 96.0 Å². The van der Waals surface area contributed by atoms with Crippen LogP contribution in [0.3, 0.4) is 0 Å². The Balaban J connectivity index is 1.48. The van der Waals surface area contributed by atoms with Crippen molar-refractivity contribution in [2.45, 2.75) is 33.6 Å². The van der Waals surface area contributed by atoms with Gasteiger partial charge >= 0.3 is 0 Å². The van der Waals surface area contributed by atoms with Crippen LogP contribution >= 0.6 is 11.3 Å². The molecule has 3 heterocycles. The van der Waals surface area contributed by atoms with E-state index in [-0.39, 0.29) is 5.91 Å². The molecule has 0 aliphatic rings. The summed E-state index contributed by atoms with van der Waals surface area (Å²) in [5, 5.41) is 17.0. The quantitative estimate of drug-likeness (QED) is 0.525. The molecule has 0 saturated carbocycles. The van der Waals surface area contributed by atoms with E-state index >= 15 is 0 Å². The van der Waals surface area contributed by atoms with E-state index in [9.17, 15) is 10.1 Å². The number of amides is 1. The van der Waals surface area contributed by atoms with Crippen LogP contribution in [-0.2, 0) is 11.2 Å². The van der Waals surface area contributed by atoms with Gasteiger partial charge in [-0.25, -0.2) is 14.5 Å². The molecule has 8 heteroatoms. The predicted octanol–water partition coefficient (Wildman–Crippen LogP) is 4.22. The molecule has 1 amide bonds. The first-order valence-corrected chi connectivity index (χ1v) is 10.4. The van der Waals surface area contributed by atoms with Crippen molar-refractivity contribution in [1.29, 1.82) is 5.26 Å². The van der Waals surface area contributed by atoms with Gasteiger partial charge in [0.1, 0.15) is 11.6 Å². The first-order valence-electron chi connectivity index (χ1n) is 9.54. The van der Waals surface area contributed by atoms with Crippen molar-refractivity contribution in [3.63, 3.8) is 0 Å². The molecule has 4 aromatic rings. The zero-order valence-electron chi connectivity index (χ0n) is 16.9. The van der Waals surface area contributed by atoms with Gasteiger partial charge in [0.2, 0.25) is 5.91 Å². The van der Waals surface area contributed by atoms with Crippen molar-refractivity contribution in [1.82, 2.24) is 19.6 Å². The first-order chi connectivity index (χ1) is 14.5. The summed E-state index contributed by atoms with van der Waals surface area (Å²) in [6.07, 6.45) is 2.35. The Hall–Kier alpha value is -3.57. The Morgan fingerprint density at radius 1 is 1.17 bits per heavy atom. The summed E-state index contributed by atoms with van der Waals surface area (Å²) in [5.41, 5.74) is 5.64. The largest absolute Gasteiger partial charge is 0.302 e. The average Bonchev–Trinajstić information content (AvgIpc) is 3.31. The normalized spacial score (nSPS) is 10.9. The Kier molecular flexibility index (Phi) is 5.29. The highest BCUT2D eigenvalue weighted by Gasteiger charge is 2.16. The van der Waals surface area contributed by atoms with Crippen LogP contribution in [0, 0.1) is 32.1 Å². The molecule has 30 heavy (non-hydrogen) atoms. The number of carbonyl (C=O) groups is 1. The molecule has 0 aliphatic heterocycles. The summed E-state index contributed by atoms with van der Waals surface area (Å²) in [5.74, 6) is -0.0968. The van der Waals surface area contributed by atoms with E-state index in [0.717, 1.165) is 33.1 Å². The predicted molar refractivity (Wildman–Crippen MR) is 116 cm³/mol. The van der Waals surface area contributed by atoms with Gasteiger partial charge in [-0.15, -0.1) is 0 Å². The number of aromatic nitrogens is 4. The summed E-state index contributed by atoms with van der Waals surface area (Å²) in [4.78, 5) is 22.6. The first kappa shape index (κ1) is 19.7. The van der Waals surface area contributed by atoms with Gasteiger partial charge in [-0.3, -0.25) is 4.79 Å². The Bertz CT molecular complexity index is 1280. The van der Waals surface area contributed by atoms with Crippen LogP contribution in [0.4, 0.5) is 5.13 Å². The minimum absolute atomic E-state index is 0.0968. The van der Waals surface area contributed by atoms with E-state index in [4.69, 9.17) is 0 Å². The monoisotopic (exact) mass is 416 g/mol. The van der Waals surface area contributed by atoms with Crippen molar-refractivity contribution in [3.05, 3.63) is 64.7 Å². The maximum Gasteiger partial charge on any atom is 0.226 e. The van der Waals surface area contributed by atoms with E-state index in [0.29, 0.717) is 29.2 Å². The molecule has 1 N–H and O–H groups in total. The second-order valence-corrected chi connectivity index (χ2v) is 8.01. The van der Waals surface area contributed by atoms with Gasteiger partial charge in [0.05, 0.1) is 16.8 Å². The van der Waals surface area contributed by atoms with Crippen LogP contribution in [0.2, 0.25) is 0 Å². The zero-order chi connectivity index (χ0) is 21.3. The zero-order valence-corrected chi connectivity index (χ0v) is 17.7. The smallest absolute Gasteiger partial charge is 0.226 e. The van der Waals surface area contributed by atoms with Gasteiger partial charge in [0.25, 0.3) is 0 Å². The van der Waals surface area contributed by atoms with Gasteiger partial charge in [0.15, 0.2) is 10.8 Å². The molecule has 0 unspecified atom stereocenters. The van der Waals surface area contributed by atoms with Crippen molar-refractivity contribution >= 4 is 28.0 Å². The summed E-state index contributed by atoms with van der Waals surface area (Å²) in [6.45, 7) is 5.77. The van der Waals surface area contributed by atoms with Crippen LogP contribution in [0.15, 0.2) is 36.5 Å². The number of anilines is 1. The van der Waals surface area contributed by atoms with Gasteiger partial charge in [-0.05, 0) is 38.3 Å². The number of thiazole rings is 1. The number of nitriles is 1. The fourth-order valence-electron chi connectivity index (χ4n) is 3.48. The molecule has 4 rings (SSSR count). The third-order valence-corrected chi connectivity index (χ3v) is 6.13. The number of hydrogen-bond acceptors (Lipinski definition) is 6. The van der Waals surface area contributed by atoms with E-state index < -0.39 is 0 Å². The minimum Gasteiger partial charge on any atom is -0.302 e. The number of fused-ring (bicyclic) bond motifs is 1. The van der Waals surface area contributed by atoms with Crippen molar-refractivity contribution < 1.29 is 4.79 Å². The van der Waals surface area contributed by atoms with Crippen LogP contribution in [0.5, 0.6) is 0 Å².